The van der Waals surface area contributed by atoms with Gasteiger partial charge in [-0.2, -0.15) is 0 Å². The van der Waals surface area contributed by atoms with E-state index in [0.29, 0.717) is 12.0 Å². The molecule has 1 aliphatic rings. The Hall–Kier alpha value is -0.120. The van der Waals surface area contributed by atoms with Crippen molar-refractivity contribution in [1.82, 2.24) is 4.90 Å². The van der Waals surface area contributed by atoms with Crippen molar-refractivity contribution in [1.29, 1.82) is 0 Å². The Morgan fingerprint density at radius 2 is 2.20 bits per heavy atom. The van der Waals surface area contributed by atoms with E-state index < -0.39 is 0 Å². The first-order valence-electron chi connectivity index (χ1n) is 6.29. The summed E-state index contributed by atoms with van der Waals surface area (Å²) in [6, 6.07) is 0.414. The van der Waals surface area contributed by atoms with Crippen LogP contribution in [0.2, 0.25) is 0 Å². The van der Waals surface area contributed by atoms with Gasteiger partial charge in [0.2, 0.25) is 0 Å². The van der Waals surface area contributed by atoms with E-state index >= 15 is 0 Å². The van der Waals surface area contributed by atoms with Gasteiger partial charge in [0.05, 0.1) is 0 Å². The van der Waals surface area contributed by atoms with E-state index in [1.807, 2.05) is 0 Å². The van der Waals surface area contributed by atoms with E-state index in [-0.39, 0.29) is 0 Å². The lowest BCUT2D eigenvalue weighted by atomic mass is 9.95. The van der Waals surface area contributed by atoms with Crippen LogP contribution < -0.4 is 5.73 Å². The fourth-order valence-electron chi connectivity index (χ4n) is 2.09. The lowest BCUT2D eigenvalue weighted by molar-refractivity contribution is 0.107. The molecule has 0 bridgehead atoms. The summed E-state index contributed by atoms with van der Waals surface area (Å²) in [7, 11) is 0. The van der Waals surface area contributed by atoms with Crippen molar-refractivity contribution in [3.63, 3.8) is 0 Å². The molecule has 0 aliphatic carbocycles. The Balaban J connectivity index is 2.02. The molecule has 0 amide bonds. The molecule has 0 aromatic rings. The summed E-state index contributed by atoms with van der Waals surface area (Å²) in [5.74, 6) is 0.648. The van der Waals surface area contributed by atoms with E-state index in [1.54, 1.807) is 0 Å². The van der Waals surface area contributed by atoms with Gasteiger partial charge in [-0.3, -0.25) is 0 Å². The minimum Gasteiger partial charge on any atom is -0.381 e. The zero-order valence-corrected chi connectivity index (χ0v) is 10.2. The van der Waals surface area contributed by atoms with Crippen LogP contribution in [0, 0.1) is 5.92 Å². The Morgan fingerprint density at radius 3 is 2.87 bits per heavy atom. The van der Waals surface area contributed by atoms with E-state index in [1.165, 1.54) is 13.1 Å². The van der Waals surface area contributed by atoms with Crippen LogP contribution in [0.15, 0.2) is 0 Å². The Morgan fingerprint density at radius 1 is 1.40 bits per heavy atom. The average molecular weight is 214 g/mol. The number of ether oxygens (including phenoxy) is 1. The lowest BCUT2D eigenvalue weighted by Gasteiger charge is -2.35. The third-order valence-corrected chi connectivity index (χ3v) is 3.17. The highest BCUT2D eigenvalue weighted by Crippen LogP contribution is 2.14. The van der Waals surface area contributed by atoms with Crippen molar-refractivity contribution in [2.75, 3.05) is 32.8 Å². The number of hydrogen-bond donors (Lipinski definition) is 1. The van der Waals surface area contributed by atoms with Crippen LogP contribution in [0.5, 0.6) is 0 Å². The summed E-state index contributed by atoms with van der Waals surface area (Å²) in [4.78, 5) is 2.52. The van der Waals surface area contributed by atoms with Crippen LogP contribution in [0.1, 0.15) is 33.1 Å². The SMILES string of the molecule is CCCOCCCN1CCC(N)C(C)C1. The fraction of sp³-hybridized carbons (Fsp3) is 1.00. The second kappa shape index (κ2) is 7.20. The monoisotopic (exact) mass is 214 g/mol. The van der Waals surface area contributed by atoms with Crippen LogP contribution in [-0.2, 0) is 4.74 Å². The minimum atomic E-state index is 0.414. The number of hydrogen-bond acceptors (Lipinski definition) is 3. The molecular weight excluding hydrogens is 188 g/mol. The highest BCUT2D eigenvalue weighted by atomic mass is 16.5. The normalized spacial score (nSPS) is 28.2. The minimum absolute atomic E-state index is 0.414. The molecule has 0 aromatic carbocycles. The van der Waals surface area contributed by atoms with Crippen molar-refractivity contribution in [3.8, 4) is 0 Å². The quantitative estimate of drug-likeness (QED) is 0.681. The maximum Gasteiger partial charge on any atom is 0.0478 e. The molecule has 2 atom stereocenters. The van der Waals surface area contributed by atoms with Crippen LogP contribution in [0.25, 0.3) is 0 Å². The van der Waals surface area contributed by atoms with Gasteiger partial charge in [-0.1, -0.05) is 13.8 Å². The van der Waals surface area contributed by atoms with Crippen molar-refractivity contribution < 1.29 is 4.74 Å². The first kappa shape index (κ1) is 12.9. The van der Waals surface area contributed by atoms with Gasteiger partial charge in [-0.15, -0.1) is 0 Å². The van der Waals surface area contributed by atoms with Gasteiger partial charge in [0.25, 0.3) is 0 Å². The Bertz CT molecular complexity index is 164. The molecule has 0 spiro atoms. The molecule has 1 fully saturated rings. The maximum atomic E-state index is 5.98. The van der Waals surface area contributed by atoms with Gasteiger partial charge in [0, 0.05) is 32.3 Å². The van der Waals surface area contributed by atoms with Crippen LogP contribution in [0.4, 0.5) is 0 Å². The zero-order valence-electron chi connectivity index (χ0n) is 10.2. The molecule has 1 saturated heterocycles. The van der Waals surface area contributed by atoms with Gasteiger partial charge >= 0.3 is 0 Å². The first-order chi connectivity index (χ1) is 7.24. The average Bonchev–Trinajstić information content (AvgIpc) is 2.23. The van der Waals surface area contributed by atoms with E-state index in [2.05, 4.69) is 18.7 Å². The highest BCUT2D eigenvalue weighted by Gasteiger charge is 2.22. The standard InChI is InChI=1S/C12H26N2O/c1-3-8-15-9-4-6-14-7-5-12(13)11(2)10-14/h11-12H,3-10,13H2,1-2H3. The second-order valence-corrected chi connectivity index (χ2v) is 4.70. The van der Waals surface area contributed by atoms with Gasteiger partial charge in [-0.05, 0) is 31.7 Å². The molecule has 0 radical (unpaired) electrons. The Labute approximate surface area is 94.0 Å². The van der Waals surface area contributed by atoms with E-state index in [9.17, 15) is 0 Å². The molecule has 1 aliphatic heterocycles. The van der Waals surface area contributed by atoms with Crippen LogP contribution in [-0.4, -0.2) is 43.8 Å². The largest absolute Gasteiger partial charge is 0.381 e. The summed E-state index contributed by atoms with van der Waals surface area (Å²) in [6.07, 6.45) is 3.43. The highest BCUT2D eigenvalue weighted by molar-refractivity contribution is 4.79. The lowest BCUT2D eigenvalue weighted by Crippen LogP contribution is -2.46. The number of nitrogens with two attached hydrogens (primary N) is 1. The van der Waals surface area contributed by atoms with Gasteiger partial charge in [0.1, 0.15) is 0 Å². The van der Waals surface area contributed by atoms with Crippen molar-refractivity contribution in [3.05, 3.63) is 0 Å². The summed E-state index contributed by atoms with van der Waals surface area (Å²) >= 11 is 0. The van der Waals surface area contributed by atoms with Crippen LogP contribution in [0.3, 0.4) is 0 Å². The first-order valence-corrected chi connectivity index (χ1v) is 6.29. The molecule has 15 heavy (non-hydrogen) atoms. The maximum absolute atomic E-state index is 5.98. The van der Waals surface area contributed by atoms with Gasteiger partial charge < -0.3 is 15.4 Å². The molecule has 0 saturated carbocycles. The summed E-state index contributed by atoms with van der Waals surface area (Å²) in [6.45, 7) is 9.71. The molecule has 3 nitrogen and oxygen atoms in total. The zero-order chi connectivity index (χ0) is 11.1. The summed E-state index contributed by atoms with van der Waals surface area (Å²) in [5.41, 5.74) is 5.98. The molecule has 0 aromatic heterocycles. The van der Waals surface area contributed by atoms with Gasteiger partial charge in [-0.25, -0.2) is 0 Å². The van der Waals surface area contributed by atoms with Crippen molar-refractivity contribution in [2.24, 2.45) is 11.7 Å². The third kappa shape index (κ3) is 4.96. The number of rotatable bonds is 6. The predicted molar refractivity (Wildman–Crippen MR) is 63.9 cm³/mol. The molecule has 1 rings (SSSR count). The second-order valence-electron chi connectivity index (χ2n) is 4.70. The molecule has 3 heteroatoms. The third-order valence-electron chi connectivity index (χ3n) is 3.17. The molecule has 2 N–H and O–H groups in total. The molecule has 90 valence electrons. The molecular formula is C12H26N2O. The fourth-order valence-corrected chi connectivity index (χ4v) is 2.09. The summed E-state index contributed by atoms with van der Waals surface area (Å²) < 4.78 is 5.47. The van der Waals surface area contributed by atoms with Crippen LogP contribution >= 0.6 is 0 Å². The number of piperidine rings is 1. The molecule has 1 heterocycles. The topological polar surface area (TPSA) is 38.5 Å². The predicted octanol–water partition coefficient (Wildman–Crippen LogP) is 1.47. The van der Waals surface area contributed by atoms with Crippen molar-refractivity contribution >= 4 is 0 Å². The smallest absolute Gasteiger partial charge is 0.0478 e. The molecule has 2 unspecified atom stereocenters. The number of likely N-dealkylation sites (tertiary alicyclic amines) is 1. The van der Waals surface area contributed by atoms with E-state index in [0.717, 1.165) is 39.0 Å². The Kier molecular flexibility index (Phi) is 6.22. The number of nitrogens with zero attached hydrogens (tertiary/aromatic N) is 1. The summed E-state index contributed by atoms with van der Waals surface area (Å²) in [5, 5.41) is 0. The van der Waals surface area contributed by atoms with Crippen molar-refractivity contribution in [2.45, 2.75) is 39.2 Å². The van der Waals surface area contributed by atoms with Gasteiger partial charge in [0.15, 0.2) is 0 Å². The van der Waals surface area contributed by atoms with E-state index in [4.69, 9.17) is 10.5 Å².